The lowest BCUT2D eigenvalue weighted by Gasteiger charge is -2.38. The summed E-state index contributed by atoms with van der Waals surface area (Å²) in [5, 5.41) is 1.23. The van der Waals surface area contributed by atoms with Gasteiger partial charge in [0.05, 0.1) is 10.0 Å². The Balaban J connectivity index is 2.24. The van der Waals surface area contributed by atoms with Crippen LogP contribution in [0.4, 0.5) is 0 Å². The lowest BCUT2D eigenvalue weighted by atomic mass is 9.73. The minimum atomic E-state index is -0.284. The molecule has 0 aliphatic heterocycles. The van der Waals surface area contributed by atoms with Gasteiger partial charge in [0.2, 0.25) is 0 Å². The molecule has 3 heteroatoms. The zero-order chi connectivity index (χ0) is 12.5. The van der Waals surface area contributed by atoms with Crippen molar-refractivity contribution in [1.82, 2.24) is 0 Å². The van der Waals surface area contributed by atoms with Crippen molar-refractivity contribution in [3.63, 3.8) is 0 Å². The van der Waals surface area contributed by atoms with E-state index in [9.17, 15) is 0 Å². The first-order valence-corrected chi connectivity index (χ1v) is 7.06. The van der Waals surface area contributed by atoms with Crippen LogP contribution >= 0.6 is 23.2 Å². The smallest absolute Gasteiger partial charge is 0.0642 e. The van der Waals surface area contributed by atoms with Gasteiger partial charge in [0.1, 0.15) is 0 Å². The van der Waals surface area contributed by atoms with Gasteiger partial charge < -0.3 is 5.73 Å². The Morgan fingerprint density at radius 2 is 1.94 bits per heavy atom. The largest absolute Gasteiger partial charge is 0.321 e. The summed E-state index contributed by atoms with van der Waals surface area (Å²) in [6.07, 6.45) is 5.64. The highest BCUT2D eigenvalue weighted by atomic mass is 35.5. The molecule has 0 atom stereocenters. The van der Waals surface area contributed by atoms with Gasteiger partial charge in [0.15, 0.2) is 0 Å². The number of hydrogen-bond acceptors (Lipinski definition) is 1. The van der Waals surface area contributed by atoms with Gasteiger partial charge in [-0.3, -0.25) is 0 Å². The Bertz CT molecular complexity index is 395. The molecule has 1 aromatic rings. The van der Waals surface area contributed by atoms with E-state index >= 15 is 0 Å². The van der Waals surface area contributed by atoms with E-state index in [0.29, 0.717) is 10.0 Å². The topological polar surface area (TPSA) is 26.0 Å². The lowest BCUT2D eigenvalue weighted by molar-refractivity contribution is 0.232. The number of benzene rings is 1. The second kappa shape index (κ2) is 5.17. The summed E-state index contributed by atoms with van der Waals surface area (Å²) in [5.74, 6) is 0.824. The van der Waals surface area contributed by atoms with Gasteiger partial charge in [-0.2, -0.15) is 0 Å². The molecule has 0 amide bonds. The maximum absolute atomic E-state index is 6.52. The lowest BCUT2D eigenvalue weighted by Crippen LogP contribution is -2.40. The minimum absolute atomic E-state index is 0.284. The Kier molecular flexibility index (Phi) is 4.02. The predicted molar refractivity (Wildman–Crippen MR) is 74.6 cm³/mol. The molecule has 1 saturated carbocycles. The Hall–Kier alpha value is -0.240. The molecule has 1 aliphatic carbocycles. The van der Waals surface area contributed by atoms with Gasteiger partial charge in [-0.15, -0.1) is 0 Å². The van der Waals surface area contributed by atoms with Crippen molar-refractivity contribution >= 4 is 23.2 Å². The molecule has 94 valence electrons. The molecule has 17 heavy (non-hydrogen) atoms. The van der Waals surface area contributed by atoms with Gasteiger partial charge in [0, 0.05) is 5.54 Å². The molecule has 0 unspecified atom stereocenters. The van der Waals surface area contributed by atoms with Crippen molar-refractivity contribution in [3.8, 4) is 0 Å². The van der Waals surface area contributed by atoms with E-state index in [1.807, 2.05) is 18.2 Å². The van der Waals surface area contributed by atoms with Gasteiger partial charge in [-0.25, -0.2) is 0 Å². The van der Waals surface area contributed by atoms with Crippen LogP contribution in [0.5, 0.6) is 0 Å². The molecule has 0 aromatic heterocycles. The van der Waals surface area contributed by atoms with Crippen molar-refractivity contribution in [2.45, 2.75) is 44.6 Å². The molecular weight excluding hydrogens is 253 g/mol. The number of rotatable bonds is 2. The number of hydrogen-bond donors (Lipinski definition) is 1. The van der Waals surface area contributed by atoms with E-state index in [-0.39, 0.29) is 5.54 Å². The summed E-state index contributed by atoms with van der Waals surface area (Å²) in [6, 6.07) is 5.76. The van der Waals surface area contributed by atoms with E-state index in [1.54, 1.807) is 0 Å². The van der Waals surface area contributed by atoms with Crippen molar-refractivity contribution in [1.29, 1.82) is 0 Å². The molecule has 1 nitrogen and oxygen atoms in total. The van der Waals surface area contributed by atoms with Crippen LogP contribution < -0.4 is 5.73 Å². The monoisotopic (exact) mass is 271 g/mol. The van der Waals surface area contributed by atoms with Crippen LogP contribution in [0, 0.1) is 5.92 Å². The van der Waals surface area contributed by atoms with Crippen LogP contribution in [0.25, 0.3) is 0 Å². The van der Waals surface area contributed by atoms with Crippen molar-refractivity contribution in [2.24, 2.45) is 11.7 Å². The van der Waals surface area contributed by atoms with E-state index in [1.165, 1.54) is 19.3 Å². The third-order valence-electron chi connectivity index (χ3n) is 4.06. The molecule has 0 heterocycles. The van der Waals surface area contributed by atoms with Gasteiger partial charge in [-0.05, 0) is 43.2 Å². The Morgan fingerprint density at radius 1 is 1.29 bits per heavy atom. The summed E-state index contributed by atoms with van der Waals surface area (Å²) in [4.78, 5) is 0. The molecule has 0 bridgehead atoms. The highest BCUT2D eigenvalue weighted by Crippen LogP contribution is 2.42. The predicted octanol–water partition coefficient (Wildman–Crippen LogP) is 4.75. The van der Waals surface area contributed by atoms with Crippen LogP contribution in [0.15, 0.2) is 18.2 Å². The Morgan fingerprint density at radius 3 is 2.53 bits per heavy atom. The highest BCUT2D eigenvalue weighted by molar-refractivity contribution is 6.42. The van der Waals surface area contributed by atoms with Crippen LogP contribution in [0.2, 0.25) is 10.0 Å². The SMILES string of the molecule is CCC1CCC(N)(c2cccc(Cl)c2Cl)CC1. The molecule has 0 radical (unpaired) electrons. The summed E-state index contributed by atoms with van der Waals surface area (Å²) in [7, 11) is 0. The minimum Gasteiger partial charge on any atom is -0.321 e. The third kappa shape index (κ3) is 2.62. The van der Waals surface area contributed by atoms with E-state index in [4.69, 9.17) is 28.9 Å². The van der Waals surface area contributed by atoms with Crippen molar-refractivity contribution < 1.29 is 0 Å². The Labute approximate surface area is 113 Å². The highest BCUT2D eigenvalue weighted by Gasteiger charge is 2.34. The first-order chi connectivity index (χ1) is 8.07. The van der Waals surface area contributed by atoms with Crippen LogP contribution in [-0.4, -0.2) is 0 Å². The quantitative estimate of drug-likeness (QED) is 0.826. The molecule has 2 rings (SSSR count). The average molecular weight is 272 g/mol. The molecule has 0 spiro atoms. The molecule has 1 aliphatic rings. The summed E-state index contributed by atoms with van der Waals surface area (Å²) < 4.78 is 0. The molecule has 0 saturated heterocycles. The standard InChI is InChI=1S/C14H19Cl2N/c1-2-10-6-8-14(17,9-7-10)11-4-3-5-12(15)13(11)16/h3-5,10H,2,6-9,17H2,1H3. The fourth-order valence-electron chi connectivity index (χ4n) is 2.76. The van der Waals surface area contributed by atoms with Crippen LogP contribution in [-0.2, 0) is 5.54 Å². The first kappa shape index (κ1) is 13.2. The zero-order valence-electron chi connectivity index (χ0n) is 10.2. The number of nitrogens with two attached hydrogens (primary N) is 1. The second-order valence-corrected chi connectivity index (χ2v) is 5.89. The molecule has 2 N–H and O–H groups in total. The first-order valence-electron chi connectivity index (χ1n) is 6.30. The second-order valence-electron chi connectivity index (χ2n) is 5.11. The summed E-state index contributed by atoms with van der Waals surface area (Å²) in [5.41, 5.74) is 7.25. The third-order valence-corrected chi connectivity index (χ3v) is 4.88. The van der Waals surface area contributed by atoms with Crippen LogP contribution in [0.3, 0.4) is 0 Å². The average Bonchev–Trinajstić information content (AvgIpc) is 2.33. The summed E-state index contributed by atoms with van der Waals surface area (Å²) in [6.45, 7) is 2.25. The number of halogens is 2. The summed E-state index contributed by atoms with van der Waals surface area (Å²) >= 11 is 12.3. The molecule has 1 aromatic carbocycles. The molecule has 1 fully saturated rings. The van der Waals surface area contributed by atoms with Gasteiger partial charge in [-0.1, -0.05) is 48.7 Å². The van der Waals surface area contributed by atoms with Crippen molar-refractivity contribution in [2.75, 3.05) is 0 Å². The fourth-order valence-corrected chi connectivity index (χ4v) is 3.25. The normalized spacial score (nSPS) is 29.3. The van der Waals surface area contributed by atoms with Crippen LogP contribution in [0.1, 0.15) is 44.6 Å². The van der Waals surface area contributed by atoms with E-state index in [2.05, 4.69) is 6.92 Å². The fraction of sp³-hybridized carbons (Fsp3) is 0.571. The van der Waals surface area contributed by atoms with Gasteiger partial charge in [0.25, 0.3) is 0 Å². The molecular formula is C14H19Cl2N. The van der Waals surface area contributed by atoms with E-state index < -0.39 is 0 Å². The maximum Gasteiger partial charge on any atom is 0.0642 e. The maximum atomic E-state index is 6.52. The van der Waals surface area contributed by atoms with E-state index in [0.717, 1.165) is 24.3 Å². The zero-order valence-corrected chi connectivity index (χ0v) is 11.7. The van der Waals surface area contributed by atoms with Gasteiger partial charge >= 0.3 is 0 Å². The van der Waals surface area contributed by atoms with Crippen molar-refractivity contribution in [3.05, 3.63) is 33.8 Å².